The number of benzene rings is 1. The number of anilines is 1. The molecule has 0 heterocycles. The Morgan fingerprint density at radius 3 is 2.71 bits per heavy atom. The van der Waals surface area contributed by atoms with Crippen LogP contribution in [0, 0.1) is 0 Å². The summed E-state index contributed by atoms with van der Waals surface area (Å²) in [5, 5.41) is 3.56. The van der Waals surface area contributed by atoms with Crippen LogP contribution in [-0.4, -0.2) is 31.4 Å². The third kappa shape index (κ3) is 3.36. The summed E-state index contributed by atoms with van der Waals surface area (Å²) in [4.78, 5) is 13.9. The van der Waals surface area contributed by atoms with Gasteiger partial charge in [-0.2, -0.15) is 0 Å². The van der Waals surface area contributed by atoms with Gasteiger partial charge in [-0.1, -0.05) is 18.5 Å². The molecule has 94 valence electrons. The number of nitrogens with one attached hydrogen (secondary N) is 1. The number of nitrogens with zero attached hydrogens (tertiary/aromatic N) is 1. The lowest BCUT2D eigenvalue weighted by atomic mass is 10.1. The number of amides is 1. The van der Waals surface area contributed by atoms with Crippen LogP contribution in [0.15, 0.2) is 16.6 Å². The average molecular weight is 320 g/mol. The second-order valence-electron chi connectivity index (χ2n) is 3.79. The Bertz CT molecular complexity index is 423. The molecule has 17 heavy (non-hydrogen) atoms. The van der Waals surface area contributed by atoms with Gasteiger partial charge in [0.2, 0.25) is 0 Å². The van der Waals surface area contributed by atoms with E-state index in [2.05, 4.69) is 21.2 Å². The average Bonchev–Trinajstić information content (AvgIpc) is 2.27. The van der Waals surface area contributed by atoms with Gasteiger partial charge in [0.1, 0.15) is 0 Å². The first-order valence-electron chi connectivity index (χ1n) is 5.43. The molecule has 0 spiro atoms. The summed E-state index contributed by atoms with van der Waals surface area (Å²) >= 11 is 9.37. The van der Waals surface area contributed by atoms with Crippen molar-refractivity contribution in [1.82, 2.24) is 4.90 Å². The van der Waals surface area contributed by atoms with Crippen LogP contribution in [-0.2, 0) is 0 Å². The lowest BCUT2D eigenvalue weighted by Gasteiger charge is -2.19. The molecule has 0 saturated heterocycles. The molecule has 0 aromatic heterocycles. The van der Waals surface area contributed by atoms with E-state index in [0.717, 1.165) is 23.1 Å². The number of hydrogen-bond acceptors (Lipinski definition) is 2. The van der Waals surface area contributed by atoms with E-state index >= 15 is 0 Å². The van der Waals surface area contributed by atoms with Crippen LogP contribution in [0.4, 0.5) is 5.69 Å². The Hall–Kier alpha value is -0.740. The molecule has 0 atom stereocenters. The van der Waals surface area contributed by atoms with Crippen molar-refractivity contribution in [2.24, 2.45) is 0 Å². The fraction of sp³-hybridized carbons (Fsp3) is 0.417. The molecule has 1 aromatic carbocycles. The zero-order valence-electron chi connectivity index (χ0n) is 10.2. The highest BCUT2D eigenvalue weighted by atomic mass is 79.9. The highest BCUT2D eigenvalue weighted by Gasteiger charge is 2.17. The Kier molecular flexibility index (Phi) is 5.28. The minimum absolute atomic E-state index is 0.0283. The first-order chi connectivity index (χ1) is 8.01. The molecule has 1 aromatic rings. The Balaban J connectivity index is 3.16. The predicted octanol–water partition coefficient (Wildman–Crippen LogP) is 3.63. The van der Waals surface area contributed by atoms with E-state index in [-0.39, 0.29) is 5.91 Å². The third-order valence-corrected chi connectivity index (χ3v) is 3.28. The predicted molar refractivity (Wildman–Crippen MR) is 76.0 cm³/mol. The summed E-state index contributed by atoms with van der Waals surface area (Å²) in [5.41, 5.74) is 1.35. The lowest BCUT2D eigenvalue weighted by Crippen LogP contribution is -2.28. The molecule has 1 N–H and O–H groups in total. The Labute approximate surface area is 115 Å². The number of rotatable bonds is 4. The zero-order valence-corrected chi connectivity index (χ0v) is 12.5. The van der Waals surface area contributed by atoms with Gasteiger partial charge in [-0.15, -0.1) is 0 Å². The first kappa shape index (κ1) is 14.3. The molecule has 5 heteroatoms. The van der Waals surface area contributed by atoms with E-state index < -0.39 is 0 Å². The van der Waals surface area contributed by atoms with Gasteiger partial charge >= 0.3 is 0 Å². The first-order valence-corrected chi connectivity index (χ1v) is 6.60. The zero-order chi connectivity index (χ0) is 13.0. The van der Waals surface area contributed by atoms with Crippen LogP contribution < -0.4 is 5.32 Å². The Morgan fingerprint density at radius 1 is 1.53 bits per heavy atom. The maximum absolute atomic E-state index is 12.2. The van der Waals surface area contributed by atoms with Crippen molar-refractivity contribution in [1.29, 1.82) is 0 Å². The van der Waals surface area contributed by atoms with Gasteiger partial charge in [0, 0.05) is 30.1 Å². The molecule has 1 rings (SSSR count). The normalized spacial score (nSPS) is 10.2. The fourth-order valence-electron chi connectivity index (χ4n) is 1.64. The fourth-order valence-corrected chi connectivity index (χ4v) is 2.65. The Morgan fingerprint density at radius 2 is 2.18 bits per heavy atom. The van der Waals surface area contributed by atoms with Crippen LogP contribution in [0.2, 0.25) is 5.02 Å². The summed E-state index contributed by atoms with van der Waals surface area (Å²) in [7, 11) is 3.57. The highest BCUT2D eigenvalue weighted by Crippen LogP contribution is 2.30. The molecule has 0 aliphatic rings. The molecule has 0 unspecified atom stereocenters. The third-order valence-electron chi connectivity index (χ3n) is 2.44. The SMILES string of the molecule is CCCN(C)C(=O)c1cc(Cl)cc(Br)c1NC. The highest BCUT2D eigenvalue weighted by molar-refractivity contribution is 9.10. The molecule has 0 aliphatic carbocycles. The van der Waals surface area contributed by atoms with Gasteiger partial charge < -0.3 is 10.2 Å². The lowest BCUT2D eigenvalue weighted by molar-refractivity contribution is 0.0796. The second kappa shape index (κ2) is 6.26. The standard InChI is InChI=1S/C12H16BrClN2O/c1-4-5-16(3)12(17)9-6-8(14)7-10(13)11(9)15-2/h6-7,15H,4-5H2,1-3H3. The van der Waals surface area contributed by atoms with Gasteiger partial charge in [0.15, 0.2) is 0 Å². The quantitative estimate of drug-likeness (QED) is 0.919. The number of hydrogen-bond donors (Lipinski definition) is 1. The largest absolute Gasteiger partial charge is 0.387 e. The molecule has 1 amide bonds. The topological polar surface area (TPSA) is 32.3 Å². The minimum Gasteiger partial charge on any atom is -0.387 e. The van der Waals surface area contributed by atoms with Crippen molar-refractivity contribution in [3.05, 3.63) is 27.2 Å². The van der Waals surface area contributed by atoms with Crippen LogP contribution >= 0.6 is 27.5 Å². The van der Waals surface area contributed by atoms with Gasteiger partial charge in [0.25, 0.3) is 5.91 Å². The van der Waals surface area contributed by atoms with Crippen LogP contribution in [0.1, 0.15) is 23.7 Å². The van der Waals surface area contributed by atoms with E-state index in [1.165, 1.54) is 0 Å². The van der Waals surface area contributed by atoms with E-state index in [0.29, 0.717) is 10.6 Å². The van der Waals surface area contributed by atoms with E-state index in [9.17, 15) is 4.79 Å². The van der Waals surface area contributed by atoms with Crippen molar-refractivity contribution in [3.8, 4) is 0 Å². The van der Waals surface area contributed by atoms with Crippen LogP contribution in [0.5, 0.6) is 0 Å². The molecule has 0 fully saturated rings. The molecule has 0 aliphatic heterocycles. The van der Waals surface area contributed by atoms with E-state index in [4.69, 9.17) is 11.6 Å². The van der Waals surface area contributed by atoms with Gasteiger partial charge in [0.05, 0.1) is 11.3 Å². The smallest absolute Gasteiger partial charge is 0.255 e. The van der Waals surface area contributed by atoms with Crippen LogP contribution in [0.25, 0.3) is 0 Å². The summed E-state index contributed by atoms with van der Waals surface area (Å²) in [6, 6.07) is 3.45. The van der Waals surface area contributed by atoms with Crippen molar-refractivity contribution in [3.63, 3.8) is 0 Å². The molecule has 0 saturated carbocycles. The molecule has 3 nitrogen and oxygen atoms in total. The maximum atomic E-state index is 12.2. The summed E-state index contributed by atoms with van der Waals surface area (Å²) < 4.78 is 0.792. The van der Waals surface area contributed by atoms with E-state index in [1.807, 2.05) is 6.92 Å². The second-order valence-corrected chi connectivity index (χ2v) is 5.08. The van der Waals surface area contributed by atoms with Crippen LogP contribution in [0.3, 0.4) is 0 Å². The van der Waals surface area contributed by atoms with E-state index in [1.54, 1.807) is 31.1 Å². The molecular formula is C12H16BrClN2O. The summed E-state index contributed by atoms with van der Waals surface area (Å²) in [6.45, 7) is 2.77. The van der Waals surface area contributed by atoms with Gasteiger partial charge in [-0.3, -0.25) is 4.79 Å². The monoisotopic (exact) mass is 318 g/mol. The van der Waals surface area contributed by atoms with Crippen molar-refractivity contribution in [2.45, 2.75) is 13.3 Å². The molecule has 0 bridgehead atoms. The van der Waals surface area contributed by atoms with Gasteiger partial charge in [-0.25, -0.2) is 0 Å². The molecular weight excluding hydrogens is 304 g/mol. The summed E-state index contributed by atoms with van der Waals surface area (Å²) in [6.07, 6.45) is 0.929. The van der Waals surface area contributed by atoms with Gasteiger partial charge in [-0.05, 0) is 34.5 Å². The number of halogens is 2. The summed E-state index contributed by atoms with van der Waals surface area (Å²) in [5.74, 6) is -0.0283. The number of carbonyl (C=O) groups excluding carboxylic acids is 1. The minimum atomic E-state index is -0.0283. The van der Waals surface area contributed by atoms with Crippen molar-refractivity contribution < 1.29 is 4.79 Å². The molecule has 0 radical (unpaired) electrons. The van der Waals surface area contributed by atoms with Crippen molar-refractivity contribution >= 4 is 39.1 Å². The number of carbonyl (C=O) groups is 1. The van der Waals surface area contributed by atoms with Crippen molar-refractivity contribution in [2.75, 3.05) is 26.0 Å². The maximum Gasteiger partial charge on any atom is 0.255 e.